The van der Waals surface area contributed by atoms with Crippen LogP contribution in [0.4, 0.5) is 13.2 Å². The highest BCUT2D eigenvalue weighted by Crippen LogP contribution is 2.36. The van der Waals surface area contributed by atoms with E-state index in [9.17, 15) is 13.2 Å². The van der Waals surface area contributed by atoms with Crippen LogP contribution in [0.1, 0.15) is 17.8 Å². The van der Waals surface area contributed by atoms with Crippen molar-refractivity contribution in [3.63, 3.8) is 0 Å². The lowest BCUT2D eigenvalue weighted by atomic mass is 10.1. The van der Waals surface area contributed by atoms with Crippen LogP contribution in [0, 0.1) is 0 Å². The van der Waals surface area contributed by atoms with Crippen molar-refractivity contribution in [2.75, 3.05) is 13.6 Å². The lowest BCUT2D eigenvalue weighted by Gasteiger charge is -2.11. The molecular formula is C14H16F3N3. The molecule has 108 valence electrons. The molecule has 0 aliphatic carbocycles. The lowest BCUT2D eigenvalue weighted by molar-refractivity contribution is -0.137. The van der Waals surface area contributed by atoms with Gasteiger partial charge in [0.25, 0.3) is 0 Å². The molecule has 6 heteroatoms. The number of aromatic nitrogens is 2. The molecule has 2 rings (SSSR count). The van der Waals surface area contributed by atoms with Crippen LogP contribution in [0.2, 0.25) is 0 Å². The summed E-state index contributed by atoms with van der Waals surface area (Å²) in [5.41, 5.74) is -0.116. The predicted octanol–water partition coefficient (Wildman–Crippen LogP) is 3.25. The number of halogens is 3. The van der Waals surface area contributed by atoms with Crippen molar-refractivity contribution < 1.29 is 13.2 Å². The summed E-state index contributed by atoms with van der Waals surface area (Å²) in [5.74, 6) is 0.701. The molecule has 2 aromatic rings. The summed E-state index contributed by atoms with van der Waals surface area (Å²) in [7, 11) is 1.85. The van der Waals surface area contributed by atoms with E-state index in [-0.39, 0.29) is 5.56 Å². The van der Waals surface area contributed by atoms with Gasteiger partial charge in [-0.25, -0.2) is 4.98 Å². The number of nitrogens with one attached hydrogen (secondary N) is 2. The van der Waals surface area contributed by atoms with E-state index in [2.05, 4.69) is 15.3 Å². The van der Waals surface area contributed by atoms with E-state index in [4.69, 9.17) is 0 Å². The van der Waals surface area contributed by atoms with E-state index in [1.165, 1.54) is 18.3 Å². The highest BCUT2D eigenvalue weighted by atomic mass is 19.4. The maximum atomic E-state index is 12.9. The van der Waals surface area contributed by atoms with Crippen molar-refractivity contribution in [2.24, 2.45) is 0 Å². The largest absolute Gasteiger partial charge is 0.417 e. The fourth-order valence-corrected chi connectivity index (χ4v) is 2.02. The third-order valence-corrected chi connectivity index (χ3v) is 2.99. The molecule has 3 nitrogen and oxygen atoms in total. The Kier molecular flexibility index (Phi) is 4.44. The maximum absolute atomic E-state index is 12.9. The SMILES string of the molecule is CNCCCc1ncc(-c2ccccc2C(F)(F)F)[nH]1. The molecular weight excluding hydrogens is 267 g/mol. The Bertz CT molecular complexity index is 561. The van der Waals surface area contributed by atoms with Gasteiger partial charge >= 0.3 is 6.18 Å². The summed E-state index contributed by atoms with van der Waals surface area (Å²) in [6.45, 7) is 0.842. The second-order valence-electron chi connectivity index (χ2n) is 4.49. The molecule has 20 heavy (non-hydrogen) atoms. The lowest BCUT2D eigenvalue weighted by Crippen LogP contribution is -2.08. The summed E-state index contributed by atoms with van der Waals surface area (Å²) in [4.78, 5) is 7.10. The van der Waals surface area contributed by atoms with Gasteiger partial charge in [0.15, 0.2) is 0 Å². The van der Waals surface area contributed by atoms with Gasteiger partial charge < -0.3 is 10.3 Å². The Balaban J connectivity index is 2.24. The number of aromatic amines is 1. The minimum Gasteiger partial charge on any atom is -0.342 e. The topological polar surface area (TPSA) is 40.7 Å². The summed E-state index contributed by atoms with van der Waals surface area (Å²) < 4.78 is 38.8. The standard InChI is InChI=1S/C14H16F3N3/c1-18-8-4-7-13-19-9-12(20-13)10-5-2-3-6-11(10)14(15,16)17/h2-3,5-6,9,18H,4,7-8H2,1H3,(H,19,20). The quantitative estimate of drug-likeness (QED) is 0.827. The van der Waals surface area contributed by atoms with Gasteiger partial charge in [0, 0.05) is 12.0 Å². The average Bonchev–Trinajstić information content (AvgIpc) is 2.87. The Morgan fingerprint density at radius 1 is 1.25 bits per heavy atom. The van der Waals surface area contributed by atoms with Crippen molar-refractivity contribution in [1.29, 1.82) is 0 Å². The molecule has 0 saturated heterocycles. The number of benzene rings is 1. The molecule has 0 spiro atoms. The zero-order chi connectivity index (χ0) is 14.6. The van der Waals surface area contributed by atoms with Crippen molar-refractivity contribution in [3.8, 4) is 11.3 Å². The number of rotatable bonds is 5. The van der Waals surface area contributed by atoms with Crippen molar-refractivity contribution in [2.45, 2.75) is 19.0 Å². The van der Waals surface area contributed by atoms with E-state index in [0.29, 0.717) is 17.9 Å². The third kappa shape index (κ3) is 3.39. The first kappa shape index (κ1) is 14.6. The van der Waals surface area contributed by atoms with Crippen LogP contribution in [0.25, 0.3) is 11.3 Å². The van der Waals surface area contributed by atoms with E-state index in [1.807, 2.05) is 7.05 Å². The first-order valence-corrected chi connectivity index (χ1v) is 6.37. The molecule has 2 N–H and O–H groups in total. The molecule has 0 fully saturated rings. The Labute approximate surface area is 115 Å². The highest BCUT2D eigenvalue weighted by molar-refractivity contribution is 5.64. The molecule has 0 saturated carbocycles. The molecule has 1 aromatic heterocycles. The Hall–Kier alpha value is -1.82. The van der Waals surface area contributed by atoms with Gasteiger partial charge in [0.05, 0.1) is 17.5 Å². The molecule has 0 aliphatic rings. The van der Waals surface area contributed by atoms with Crippen LogP contribution in [-0.2, 0) is 12.6 Å². The second kappa shape index (κ2) is 6.09. The van der Waals surface area contributed by atoms with Crippen LogP contribution >= 0.6 is 0 Å². The smallest absolute Gasteiger partial charge is 0.342 e. The molecule has 0 unspecified atom stereocenters. The normalized spacial score (nSPS) is 11.8. The van der Waals surface area contributed by atoms with Crippen LogP contribution in [-0.4, -0.2) is 23.6 Å². The summed E-state index contributed by atoms with van der Waals surface area (Å²) >= 11 is 0. The molecule has 0 amide bonds. The number of imidazole rings is 1. The maximum Gasteiger partial charge on any atom is 0.417 e. The predicted molar refractivity (Wildman–Crippen MR) is 71.3 cm³/mol. The Morgan fingerprint density at radius 2 is 2.00 bits per heavy atom. The highest BCUT2D eigenvalue weighted by Gasteiger charge is 2.33. The van der Waals surface area contributed by atoms with Gasteiger partial charge in [0.1, 0.15) is 5.82 Å². The summed E-state index contributed by atoms with van der Waals surface area (Å²) in [6, 6.07) is 5.51. The van der Waals surface area contributed by atoms with Gasteiger partial charge in [-0.3, -0.25) is 0 Å². The average molecular weight is 283 g/mol. The van der Waals surface area contributed by atoms with E-state index in [1.54, 1.807) is 6.07 Å². The van der Waals surface area contributed by atoms with E-state index in [0.717, 1.165) is 19.0 Å². The fraction of sp³-hybridized carbons (Fsp3) is 0.357. The van der Waals surface area contributed by atoms with Gasteiger partial charge in [0.2, 0.25) is 0 Å². The molecule has 1 heterocycles. The number of alkyl halides is 3. The monoisotopic (exact) mass is 283 g/mol. The first-order chi connectivity index (χ1) is 9.52. The molecule has 0 atom stereocenters. The van der Waals surface area contributed by atoms with Crippen LogP contribution in [0.3, 0.4) is 0 Å². The molecule has 0 bridgehead atoms. The zero-order valence-corrected chi connectivity index (χ0v) is 11.1. The fourth-order valence-electron chi connectivity index (χ4n) is 2.02. The number of H-pyrrole nitrogens is 1. The van der Waals surface area contributed by atoms with Crippen molar-refractivity contribution >= 4 is 0 Å². The number of nitrogens with zero attached hydrogens (tertiary/aromatic N) is 1. The Morgan fingerprint density at radius 3 is 2.70 bits per heavy atom. The first-order valence-electron chi connectivity index (χ1n) is 6.37. The van der Waals surface area contributed by atoms with Crippen LogP contribution in [0.15, 0.2) is 30.5 Å². The minimum atomic E-state index is -4.37. The number of hydrogen-bond acceptors (Lipinski definition) is 2. The van der Waals surface area contributed by atoms with E-state index < -0.39 is 11.7 Å². The molecule has 1 aromatic carbocycles. The molecule has 0 aliphatic heterocycles. The van der Waals surface area contributed by atoms with Gasteiger partial charge in [-0.2, -0.15) is 13.2 Å². The van der Waals surface area contributed by atoms with Gasteiger partial charge in [-0.15, -0.1) is 0 Å². The van der Waals surface area contributed by atoms with Gasteiger partial charge in [-0.1, -0.05) is 18.2 Å². The van der Waals surface area contributed by atoms with E-state index >= 15 is 0 Å². The van der Waals surface area contributed by atoms with Crippen LogP contribution < -0.4 is 5.32 Å². The van der Waals surface area contributed by atoms with Crippen molar-refractivity contribution in [3.05, 3.63) is 41.9 Å². The van der Waals surface area contributed by atoms with Crippen molar-refractivity contribution in [1.82, 2.24) is 15.3 Å². The third-order valence-electron chi connectivity index (χ3n) is 2.99. The summed E-state index contributed by atoms with van der Waals surface area (Å²) in [6.07, 6.45) is -1.33. The number of hydrogen-bond donors (Lipinski definition) is 2. The van der Waals surface area contributed by atoms with Gasteiger partial charge in [-0.05, 0) is 26.1 Å². The zero-order valence-electron chi connectivity index (χ0n) is 11.1. The summed E-state index contributed by atoms with van der Waals surface area (Å²) in [5, 5.41) is 3.02. The second-order valence-corrected chi connectivity index (χ2v) is 4.49. The molecule has 0 radical (unpaired) electrons. The number of aryl methyl sites for hydroxylation is 1. The van der Waals surface area contributed by atoms with Crippen LogP contribution in [0.5, 0.6) is 0 Å². The minimum absolute atomic E-state index is 0.132.